The van der Waals surface area contributed by atoms with E-state index in [1.807, 2.05) is 18.3 Å². The molecule has 2 N–H and O–H groups in total. The van der Waals surface area contributed by atoms with E-state index in [-0.39, 0.29) is 25.0 Å². The average Bonchev–Trinajstić information content (AvgIpc) is 3.29. The lowest BCUT2D eigenvalue weighted by molar-refractivity contribution is 0.102. The molecular weight excluding hydrogens is 464 g/mol. The molecule has 8 nitrogen and oxygen atoms in total. The number of H-pyrrole nitrogens is 1. The minimum absolute atomic E-state index is 0.0387. The Morgan fingerprint density at radius 1 is 1.12 bits per heavy atom. The van der Waals surface area contributed by atoms with E-state index in [0.717, 1.165) is 10.9 Å². The maximum absolute atomic E-state index is 12.8. The molecule has 1 aliphatic heterocycles. The highest BCUT2D eigenvalue weighted by Crippen LogP contribution is 2.33. The largest absolute Gasteiger partial charge is 0.359 e. The Hall–Kier alpha value is -3.40. The lowest BCUT2D eigenvalue weighted by atomic mass is 10.1. The number of hydrogen-bond acceptors (Lipinski definition) is 5. The highest BCUT2D eigenvalue weighted by atomic mass is 35.5. The number of fused-ring (bicyclic) bond motifs is 1. The van der Waals surface area contributed by atoms with Gasteiger partial charge in [-0.3, -0.25) is 9.78 Å². The molecule has 0 aliphatic carbocycles. The first-order valence-electron chi connectivity index (χ1n) is 10.1. The molecule has 1 saturated heterocycles. The third-order valence-electron chi connectivity index (χ3n) is 5.40. The Morgan fingerprint density at radius 3 is 2.73 bits per heavy atom. The number of aromatic nitrogens is 2. The van der Waals surface area contributed by atoms with E-state index in [1.54, 1.807) is 48.7 Å². The number of benzene rings is 2. The second-order valence-corrected chi connectivity index (χ2v) is 9.92. The Bertz CT molecular complexity index is 1450. The number of sulfonamides is 1. The zero-order chi connectivity index (χ0) is 23.0. The van der Waals surface area contributed by atoms with E-state index < -0.39 is 10.0 Å². The predicted molar refractivity (Wildman–Crippen MR) is 128 cm³/mol. The minimum atomic E-state index is -3.42. The number of carbonyl (C=O) groups excluding carboxylic acids is 1. The molecule has 2 aromatic heterocycles. The summed E-state index contributed by atoms with van der Waals surface area (Å²) in [5.74, 6) is -0.405. The smallest absolute Gasteiger partial charge is 0.255 e. The van der Waals surface area contributed by atoms with Crippen LogP contribution in [0.25, 0.3) is 22.2 Å². The van der Waals surface area contributed by atoms with Gasteiger partial charge < -0.3 is 15.0 Å². The fourth-order valence-corrected chi connectivity index (χ4v) is 5.12. The van der Waals surface area contributed by atoms with Crippen LogP contribution in [-0.4, -0.2) is 43.4 Å². The predicted octanol–water partition coefficient (Wildman–Crippen LogP) is 4.26. The van der Waals surface area contributed by atoms with Crippen molar-refractivity contribution in [3.63, 3.8) is 0 Å². The summed E-state index contributed by atoms with van der Waals surface area (Å²) >= 11 is 6.44. The van der Waals surface area contributed by atoms with Crippen molar-refractivity contribution in [3.05, 3.63) is 77.6 Å². The van der Waals surface area contributed by atoms with Crippen LogP contribution in [0.2, 0.25) is 5.02 Å². The van der Waals surface area contributed by atoms with Gasteiger partial charge in [-0.05, 0) is 54.6 Å². The number of carbonyl (C=O) groups is 1. The van der Waals surface area contributed by atoms with Gasteiger partial charge in [0.15, 0.2) is 0 Å². The van der Waals surface area contributed by atoms with Crippen LogP contribution in [0.15, 0.2) is 67.0 Å². The second-order valence-electron chi connectivity index (χ2n) is 7.50. The maximum atomic E-state index is 12.8. The molecule has 0 unspecified atom stereocenters. The number of halogens is 1. The first kappa shape index (κ1) is 21.4. The van der Waals surface area contributed by atoms with E-state index >= 15 is 0 Å². The number of aromatic amines is 1. The Labute approximate surface area is 195 Å². The maximum Gasteiger partial charge on any atom is 0.255 e. The number of amides is 1. The van der Waals surface area contributed by atoms with E-state index in [0.29, 0.717) is 33.2 Å². The molecule has 4 aromatic rings. The van der Waals surface area contributed by atoms with Crippen molar-refractivity contribution in [1.29, 1.82) is 0 Å². The van der Waals surface area contributed by atoms with Crippen molar-refractivity contribution in [1.82, 2.24) is 9.97 Å². The van der Waals surface area contributed by atoms with Crippen molar-refractivity contribution in [3.8, 4) is 11.3 Å². The zero-order valence-corrected chi connectivity index (χ0v) is 18.9. The van der Waals surface area contributed by atoms with Gasteiger partial charge in [-0.1, -0.05) is 11.6 Å². The first-order valence-corrected chi connectivity index (χ1v) is 12.1. The van der Waals surface area contributed by atoms with Crippen LogP contribution >= 0.6 is 11.6 Å². The molecule has 0 spiro atoms. The van der Waals surface area contributed by atoms with E-state index in [1.165, 1.54) is 4.31 Å². The summed E-state index contributed by atoms with van der Waals surface area (Å²) in [5.41, 5.74) is 3.62. The number of nitrogens with zero attached hydrogens (tertiary/aromatic N) is 2. The Kier molecular flexibility index (Phi) is 5.53. The monoisotopic (exact) mass is 482 g/mol. The van der Waals surface area contributed by atoms with Crippen LogP contribution in [0, 0.1) is 0 Å². The lowest BCUT2D eigenvalue weighted by Gasteiger charge is -2.28. The normalized spacial score (nSPS) is 15.5. The first-order chi connectivity index (χ1) is 15.9. The van der Waals surface area contributed by atoms with Crippen molar-refractivity contribution in [2.45, 2.75) is 0 Å². The number of nitrogens with one attached hydrogen (secondary N) is 2. The summed E-state index contributed by atoms with van der Waals surface area (Å²) in [6.45, 7) is 0.138. The lowest BCUT2D eigenvalue weighted by Crippen LogP contribution is -2.41. The molecule has 10 heteroatoms. The molecule has 0 atom stereocenters. The molecular formula is C23H19ClN4O4S. The topological polar surface area (TPSA) is 104 Å². The molecule has 1 aliphatic rings. The molecule has 5 rings (SSSR count). The fourth-order valence-electron chi connectivity index (χ4n) is 3.69. The van der Waals surface area contributed by atoms with Gasteiger partial charge in [0.2, 0.25) is 10.0 Å². The van der Waals surface area contributed by atoms with E-state index in [2.05, 4.69) is 15.3 Å². The van der Waals surface area contributed by atoms with Crippen LogP contribution in [0.3, 0.4) is 0 Å². The highest BCUT2D eigenvalue weighted by molar-refractivity contribution is 7.92. The number of rotatable bonds is 4. The Morgan fingerprint density at radius 2 is 1.94 bits per heavy atom. The molecule has 33 heavy (non-hydrogen) atoms. The van der Waals surface area contributed by atoms with Gasteiger partial charge in [0.25, 0.3) is 5.91 Å². The van der Waals surface area contributed by atoms with Crippen LogP contribution in [0.5, 0.6) is 0 Å². The summed E-state index contributed by atoms with van der Waals surface area (Å²) in [7, 11) is -3.42. The van der Waals surface area contributed by atoms with Crippen molar-refractivity contribution in [2.75, 3.05) is 28.7 Å². The third-order valence-corrected chi connectivity index (χ3v) is 7.40. The van der Waals surface area contributed by atoms with Crippen molar-refractivity contribution >= 4 is 49.8 Å². The number of ether oxygens (including phenoxy) is 1. The van der Waals surface area contributed by atoms with E-state index in [4.69, 9.17) is 16.3 Å². The van der Waals surface area contributed by atoms with Gasteiger partial charge in [0, 0.05) is 34.6 Å². The zero-order valence-electron chi connectivity index (χ0n) is 17.3. The average molecular weight is 483 g/mol. The number of hydrogen-bond donors (Lipinski definition) is 2. The summed E-state index contributed by atoms with van der Waals surface area (Å²) < 4.78 is 30.9. The third kappa shape index (κ3) is 4.18. The SMILES string of the molecule is O=C(Nc1ccc(Cl)c(-c2nccc3cc[nH]c23)c1)c1ccc(N2COCCS2(=O)=O)cc1. The highest BCUT2D eigenvalue weighted by Gasteiger charge is 2.26. The number of anilines is 2. The molecule has 0 saturated carbocycles. The summed E-state index contributed by atoms with van der Waals surface area (Å²) in [5, 5.41) is 4.38. The molecule has 0 bridgehead atoms. The van der Waals surface area contributed by atoms with Crippen LogP contribution < -0.4 is 9.62 Å². The van der Waals surface area contributed by atoms with Gasteiger partial charge in [-0.15, -0.1) is 0 Å². The molecule has 168 valence electrons. The molecule has 0 radical (unpaired) electrons. The fraction of sp³-hybridized carbons (Fsp3) is 0.130. The van der Waals surface area contributed by atoms with Crippen LogP contribution in [-0.2, 0) is 14.8 Å². The summed E-state index contributed by atoms with van der Waals surface area (Å²) in [6.07, 6.45) is 3.54. The van der Waals surface area contributed by atoms with Crippen LogP contribution in [0.4, 0.5) is 11.4 Å². The minimum Gasteiger partial charge on any atom is -0.359 e. The van der Waals surface area contributed by atoms with Gasteiger partial charge in [-0.25, -0.2) is 12.7 Å². The van der Waals surface area contributed by atoms with Gasteiger partial charge in [-0.2, -0.15) is 0 Å². The van der Waals surface area contributed by atoms with Gasteiger partial charge in [0.1, 0.15) is 6.73 Å². The van der Waals surface area contributed by atoms with Crippen molar-refractivity contribution < 1.29 is 17.9 Å². The molecule has 1 amide bonds. The number of pyridine rings is 1. The van der Waals surface area contributed by atoms with Crippen LogP contribution in [0.1, 0.15) is 10.4 Å². The molecule has 2 aromatic carbocycles. The van der Waals surface area contributed by atoms with Crippen molar-refractivity contribution in [2.24, 2.45) is 0 Å². The standard InChI is InChI=1S/C23H19ClN4O4S/c24-20-6-3-17(13-19(20)22-21-15(7-9-25-21)8-10-26-22)27-23(29)16-1-4-18(5-2-16)28-14-32-11-12-33(28,30)31/h1-10,13,25H,11-12,14H2,(H,27,29). The van der Waals surface area contributed by atoms with Gasteiger partial charge >= 0.3 is 0 Å². The molecule has 1 fully saturated rings. The second kappa shape index (κ2) is 8.51. The van der Waals surface area contributed by atoms with Gasteiger partial charge in [0.05, 0.1) is 34.3 Å². The Balaban J connectivity index is 1.38. The summed E-state index contributed by atoms with van der Waals surface area (Å²) in [4.78, 5) is 20.4. The quantitative estimate of drug-likeness (QED) is 0.452. The summed E-state index contributed by atoms with van der Waals surface area (Å²) in [6, 6.07) is 15.4. The van der Waals surface area contributed by atoms with E-state index in [9.17, 15) is 13.2 Å². The molecule has 3 heterocycles.